The summed E-state index contributed by atoms with van der Waals surface area (Å²) in [6.07, 6.45) is 0. The Bertz CT molecular complexity index is 1190. The minimum absolute atomic E-state index is 0.00917. The van der Waals surface area contributed by atoms with Gasteiger partial charge in [-0.05, 0) is 48.9 Å². The minimum atomic E-state index is -0.957. The van der Waals surface area contributed by atoms with Gasteiger partial charge in [0.25, 0.3) is 17.7 Å². The Morgan fingerprint density at radius 2 is 1.81 bits per heavy atom. The molecule has 2 amide bonds. The predicted molar refractivity (Wildman–Crippen MR) is 110 cm³/mol. The minimum Gasteiger partial charge on any atom is -0.478 e. The Balaban J connectivity index is 1.97. The number of methoxy groups -OCH3 is 1. The van der Waals surface area contributed by atoms with Crippen LogP contribution in [0.2, 0.25) is 5.15 Å². The number of nitrogens with zero attached hydrogens (tertiary/aromatic N) is 1. The van der Waals surface area contributed by atoms with Crippen LogP contribution >= 0.6 is 11.6 Å². The molecule has 3 rings (SSSR count). The van der Waals surface area contributed by atoms with Crippen molar-refractivity contribution >= 4 is 29.1 Å². The standard InChI is InChI=1S/C21H16ClF2N3O4/c1-10-3-6-14(31-15-7-8-16(22)27-21(15)30-2)17(18(10)24)20(29)26-11-4-5-12(19(25)28)13(23)9-11/h3-9H,1-2H3,(H2,25,28)(H,26,29). The first-order valence-electron chi connectivity index (χ1n) is 8.79. The van der Waals surface area contributed by atoms with Crippen molar-refractivity contribution in [1.29, 1.82) is 0 Å². The highest BCUT2D eigenvalue weighted by molar-refractivity contribution is 6.29. The smallest absolute Gasteiger partial charge is 0.262 e. The molecule has 1 heterocycles. The van der Waals surface area contributed by atoms with Crippen LogP contribution in [0.1, 0.15) is 26.3 Å². The summed E-state index contributed by atoms with van der Waals surface area (Å²) in [5.41, 5.74) is 4.48. The van der Waals surface area contributed by atoms with Gasteiger partial charge in [0.15, 0.2) is 5.75 Å². The number of ether oxygens (including phenoxy) is 2. The first-order valence-corrected chi connectivity index (χ1v) is 9.17. The molecule has 1 aromatic heterocycles. The van der Waals surface area contributed by atoms with E-state index in [0.717, 1.165) is 12.1 Å². The fourth-order valence-corrected chi connectivity index (χ4v) is 2.83. The maximum Gasteiger partial charge on any atom is 0.262 e. The molecule has 0 aliphatic heterocycles. The normalized spacial score (nSPS) is 10.5. The highest BCUT2D eigenvalue weighted by Crippen LogP contribution is 2.34. The van der Waals surface area contributed by atoms with E-state index in [1.807, 2.05) is 0 Å². The third kappa shape index (κ3) is 4.72. The zero-order valence-corrected chi connectivity index (χ0v) is 17.1. The molecule has 0 bridgehead atoms. The average molecular weight is 448 g/mol. The van der Waals surface area contributed by atoms with E-state index in [1.165, 1.54) is 44.4 Å². The number of anilines is 1. The van der Waals surface area contributed by atoms with Crippen LogP contribution in [0.3, 0.4) is 0 Å². The second-order valence-electron chi connectivity index (χ2n) is 6.33. The average Bonchev–Trinajstić information content (AvgIpc) is 2.71. The van der Waals surface area contributed by atoms with Crippen LogP contribution < -0.4 is 20.5 Å². The molecule has 10 heteroatoms. The molecule has 31 heavy (non-hydrogen) atoms. The molecule has 0 aliphatic carbocycles. The molecule has 3 N–H and O–H groups in total. The summed E-state index contributed by atoms with van der Waals surface area (Å²) in [6.45, 7) is 1.47. The van der Waals surface area contributed by atoms with E-state index < -0.39 is 29.0 Å². The van der Waals surface area contributed by atoms with Crippen LogP contribution in [0.25, 0.3) is 0 Å². The third-order valence-electron chi connectivity index (χ3n) is 4.22. The summed E-state index contributed by atoms with van der Waals surface area (Å²) < 4.78 is 39.6. The van der Waals surface area contributed by atoms with Crippen molar-refractivity contribution in [2.75, 3.05) is 12.4 Å². The molecule has 0 aliphatic rings. The van der Waals surface area contributed by atoms with E-state index >= 15 is 0 Å². The van der Waals surface area contributed by atoms with Gasteiger partial charge in [-0.25, -0.2) is 8.78 Å². The first kappa shape index (κ1) is 22.0. The van der Waals surface area contributed by atoms with Crippen LogP contribution in [0.15, 0.2) is 42.5 Å². The molecule has 160 valence electrons. The number of halogens is 3. The number of benzene rings is 2. The fourth-order valence-electron chi connectivity index (χ4n) is 2.69. The van der Waals surface area contributed by atoms with Crippen molar-refractivity contribution in [2.45, 2.75) is 6.92 Å². The van der Waals surface area contributed by atoms with Crippen molar-refractivity contribution in [3.05, 3.63) is 75.9 Å². The zero-order valence-electron chi connectivity index (χ0n) is 16.3. The van der Waals surface area contributed by atoms with Crippen LogP contribution in [0, 0.1) is 18.6 Å². The van der Waals surface area contributed by atoms with Gasteiger partial charge in [-0.3, -0.25) is 9.59 Å². The molecular formula is C21H16ClF2N3O4. The van der Waals surface area contributed by atoms with Crippen molar-refractivity contribution in [3.8, 4) is 17.4 Å². The summed E-state index contributed by atoms with van der Waals surface area (Å²) in [6, 6.07) is 9.00. The SMILES string of the molecule is COc1nc(Cl)ccc1Oc1ccc(C)c(F)c1C(=O)Nc1ccc(C(N)=O)c(F)c1. The monoisotopic (exact) mass is 447 g/mol. The summed E-state index contributed by atoms with van der Waals surface area (Å²) >= 11 is 5.83. The molecule has 0 radical (unpaired) electrons. The lowest BCUT2D eigenvalue weighted by atomic mass is 10.1. The number of nitrogens with one attached hydrogen (secondary N) is 1. The maximum atomic E-state index is 14.9. The second kappa shape index (κ2) is 8.97. The Hall–Kier alpha value is -3.72. The summed E-state index contributed by atoms with van der Waals surface area (Å²) in [5, 5.41) is 2.53. The zero-order chi connectivity index (χ0) is 22.7. The van der Waals surface area contributed by atoms with Crippen molar-refractivity contribution < 1.29 is 27.8 Å². The molecular weight excluding hydrogens is 432 g/mol. The largest absolute Gasteiger partial charge is 0.478 e. The summed E-state index contributed by atoms with van der Waals surface area (Å²) in [4.78, 5) is 27.9. The third-order valence-corrected chi connectivity index (χ3v) is 4.43. The number of hydrogen-bond acceptors (Lipinski definition) is 5. The van der Waals surface area contributed by atoms with Crippen molar-refractivity contribution in [2.24, 2.45) is 5.73 Å². The van der Waals surface area contributed by atoms with Gasteiger partial charge in [0.2, 0.25) is 0 Å². The van der Waals surface area contributed by atoms with Gasteiger partial charge < -0.3 is 20.5 Å². The van der Waals surface area contributed by atoms with Gasteiger partial charge >= 0.3 is 0 Å². The number of carbonyl (C=O) groups excluding carboxylic acids is 2. The van der Waals surface area contributed by atoms with Crippen LogP contribution in [-0.4, -0.2) is 23.9 Å². The van der Waals surface area contributed by atoms with Crippen molar-refractivity contribution in [3.63, 3.8) is 0 Å². The Labute approximate surface area is 180 Å². The molecule has 0 atom stereocenters. The highest BCUT2D eigenvalue weighted by Gasteiger charge is 2.22. The lowest BCUT2D eigenvalue weighted by Crippen LogP contribution is -2.17. The number of hydrogen-bond donors (Lipinski definition) is 2. The molecule has 3 aromatic rings. The Kier molecular flexibility index (Phi) is 6.36. The highest BCUT2D eigenvalue weighted by atomic mass is 35.5. The predicted octanol–water partition coefficient (Wildman–Crippen LogP) is 4.47. The van der Waals surface area contributed by atoms with Crippen LogP contribution in [0.5, 0.6) is 17.4 Å². The lowest BCUT2D eigenvalue weighted by molar-refractivity contribution is 0.0994. The van der Waals surface area contributed by atoms with E-state index in [9.17, 15) is 18.4 Å². The molecule has 0 saturated heterocycles. The lowest BCUT2D eigenvalue weighted by Gasteiger charge is -2.15. The van der Waals surface area contributed by atoms with Gasteiger partial charge in [0.05, 0.1) is 12.7 Å². The molecule has 2 aromatic carbocycles. The number of rotatable bonds is 6. The van der Waals surface area contributed by atoms with Gasteiger partial charge in [0.1, 0.15) is 28.1 Å². The van der Waals surface area contributed by atoms with Crippen LogP contribution in [0.4, 0.5) is 14.5 Å². The van der Waals surface area contributed by atoms with E-state index in [2.05, 4.69) is 10.3 Å². The molecule has 0 spiro atoms. The topological polar surface area (TPSA) is 104 Å². The number of carbonyl (C=O) groups is 2. The number of amides is 2. The summed E-state index contributed by atoms with van der Waals surface area (Å²) in [7, 11) is 1.35. The van der Waals surface area contributed by atoms with Gasteiger partial charge in [-0.2, -0.15) is 4.98 Å². The van der Waals surface area contributed by atoms with E-state index in [1.54, 1.807) is 0 Å². The summed E-state index contributed by atoms with van der Waals surface area (Å²) in [5.74, 6) is -3.61. The van der Waals surface area contributed by atoms with Gasteiger partial charge in [-0.1, -0.05) is 17.7 Å². The van der Waals surface area contributed by atoms with Gasteiger partial charge in [0, 0.05) is 5.69 Å². The number of aromatic nitrogens is 1. The first-order chi connectivity index (χ1) is 14.7. The van der Waals surface area contributed by atoms with Crippen LogP contribution in [-0.2, 0) is 0 Å². The van der Waals surface area contributed by atoms with Crippen molar-refractivity contribution in [1.82, 2.24) is 4.98 Å². The fraction of sp³-hybridized carbons (Fsp3) is 0.0952. The van der Waals surface area contributed by atoms with E-state index in [0.29, 0.717) is 0 Å². The number of nitrogens with two attached hydrogens (primary N) is 1. The number of pyridine rings is 1. The maximum absolute atomic E-state index is 14.9. The molecule has 0 fully saturated rings. The van der Waals surface area contributed by atoms with E-state index in [4.69, 9.17) is 26.8 Å². The molecule has 7 nitrogen and oxygen atoms in total. The number of primary amides is 1. The molecule has 0 unspecified atom stereocenters. The van der Waals surface area contributed by atoms with Gasteiger partial charge in [-0.15, -0.1) is 0 Å². The number of aryl methyl sites for hydroxylation is 1. The Morgan fingerprint density at radius 3 is 2.45 bits per heavy atom. The quantitative estimate of drug-likeness (QED) is 0.542. The second-order valence-corrected chi connectivity index (χ2v) is 6.71. The van der Waals surface area contributed by atoms with E-state index in [-0.39, 0.29) is 39.3 Å². The molecule has 0 saturated carbocycles. The Morgan fingerprint density at radius 1 is 1.10 bits per heavy atom.